The van der Waals surface area contributed by atoms with Gasteiger partial charge in [-0.1, -0.05) is 0 Å². The van der Waals surface area contributed by atoms with Crippen LogP contribution in [0.15, 0.2) is 35.0 Å². The molecule has 2 heteroatoms. The predicted octanol–water partition coefficient (Wildman–Crippen LogP) is -0.134. The maximum atomic E-state index is 2.99. The molecule has 1 N–H and O–H groups in total. The first kappa shape index (κ1) is 5.70. The average Bonchev–Trinajstić information content (AvgIpc) is 1.94. The third-order valence-electron chi connectivity index (χ3n) is 0.994. The van der Waals surface area contributed by atoms with E-state index in [0.717, 1.165) is 16.5 Å². The van der Waals surface area contributed by atoms with Crippen molar-refractivity contribution in [3.05, 3.63) is 35.0 Å². The van der Waals surface area contributed by atoms with Gasteiger partial charge in [-0.3, -0.25) is 0 Å². The monoisotopic (exact) mass is 169 g/mol. The minimum atomic E-state index is 0.805. The Morgan fingerprint density at radius 3 is 3.12 bits per heavy atom. The van der Waals surface area contributed by atoms with Crippen LogP contribution in [0.3, 0.4) is 0 Å². The first-order valence-electron chi connectivity index (χ1n) is 2.65. The molecule has 0 saturated carbocycles. The van der Waals surface area contributed by atoms with Gasteiger partial charge in [0.1, 0.15) is 0 Å². The second-order valence-electron chi connectivity index (χ2n) is 1.77. The predicted molar refractivity (Wildman–Crippen MR) is 39.4 cm³/mol. The zero-order chi connectivity index (χ0) is 5.82. The van der Waals surface area contributed by atoms with Gasteiger partial charge in [-0.25, -0.2) is 0 Å². The SMILES string of the molecule is [GeH3][C]1=CC=CNC=C1. The Bertz CT molecular complexity index is 156. The summed E-state index contributed by atoms with van der Waals surface area (Å²) < 4.78 is 1.46. The summed E-state index contributed by atoms with van der Waals surface area (Å²) in [6, 6.07) is 0. The second-order valence-corrected chi connectivity index (χ2v) is 4.19. The number of allylic oxidation sites excluding steroid dienone is 4. The molecular weight excluding hydrogens is 159 g/mol. The molecule has 0 aromatic heterocycles. The van der Waals surface area contributed by atoms with Gasteiger partial charge in [-0.15, -0.1) is 0 Å². The average molecular weight is 168 g/mol. The van der Waals surface area contributed by atoms with Crippen LogP contribution in [0.4, 0.5) is 0 Å². The first-order chi connectivity index (χ1) is 3.89. The number of hydrogen-bond donors (Lipinski definition) is 1. The molecule has 0 aromatic carbocycles. The Morgan fingerprint density at radius 2 is 2.25 bits per heavy atom. The molecule has 42 valence electrons. The molecule has 0 bridgehead atoms. The number of hydrogen-bond acceptors (Lipinski definition) is 1. The Kier molecular flexibility index (Phi) is 1.97. The van der Waals surface area contributed by atoms with Gasteiger partial charge in [-0.05, 0) is 0 Å². The molecule has 1 heterocycles. The standard InChI is InChI=1S/C6H9GeN/c7-6-2-1-4-8-5-3-6/h1-5,8H,7H3. The molecule has 1 nitrogen and oxygen atoms in total. The second kappa shape index (κ2) is 2.77. The quantitative estimate of drug-likeness (QED) is 0.496. The topological polar surface area (TPSA) is 12.0 Å². The van der Waals surface area contributed by atoms with Crippen LogP contribution in [-0.2, 0) is 0 Å². The van der Waals surface area contributed by atoms with Crippen molar-refractivity contribution in [2.75, 3.05) is 0 Å². The van der Waals surface area contributed by atoms with E-state index in [-0.39, 0.29) is 0 Å². The molecule has 0 spiro atoms. The van der Waals surface area contributed by atoms with E-state index >= 15 is 0 Å². The van der Waals surface area contributed by atoms with Crippen molar-refractivity contribution in [2.45, 2.75) is 0 Å². The van der Waals surface area contributed by atoms with Crippen molar-refractivity contribution in [3.8, 4) is 0 Å². The van der Waals surface area contributed by atoms with E-state index < -0.39 is 0 Å². The van der Waals surface area contributed by atoms with Crippen LogP contribution in [0, 0.1) is 0 Å². The van der Waals surface area contributed by atoms with E-state index in [9.17, 15) is 0 Å². The van der Waals surface area contributed by atoms with Crippen molar-refractivity contribution in [2.24, 2.45) is 0 Å². The van der Waals surface area contributed by atoms with Crippen molar-refractivity contribution in [3.63, 3.8) is 0 Å². The molecule has 1 rings (SSSR count). The summed E-state index contributed by atoms with van der Waals surface area (Å²) >= 11 is 0.805. The van der Waals surface area contributed by atoms with Gasteiger partial charge >= 0.3 is 56.9 Å². The van der Waals surface area contributed by atoms with Gasteiger partial charge in [0.05, 0.1) is 0 Å². The fraction of sp³-hybridized carbons (Fsp3) is 0. The molecule has 8 heavy (non-hydrogen) atoms. The van der Waals surface area contributed by atoms with Crippen LogP contribution >= 0.6 is 0 Å². The van der Waals surface area contributed by atoms with Crippen LogP contribution in [0.25, 0.3) is 0 Å². The Morgan fingerprint density at radius 1 is 1.38 bits per heavy atom. The molecule has 0 saturated heterocycles. The molecule has 0 atom stereocenters. The van der Waals surface area contributed by atoms with E-state index in [4.69, 9.17) is 0 Å². The van der Waals surface area contributed by atoms with Crippen molar-refractivity contribution in [1.82, 2.24) is 5.32 Å². The Hall–Kier alpha value is -0.437. The van der Waals surface area contributed by atoms with Crippen molar-refractivity contribution >= 4 is 16.5 Å². The van der Waals surface area contributed by atoms with Crippen LogP contribution in [0.2, 0.25) is 0 Å². The summed E-state index contributed by atoms with van der Waals surface area (Å²) in [6.07, 6.45) is 10.2. The zero-order valence-electron chi connectivity index (χ0n) is 4.89. The minimum absolute atomic E-state index is 0.805. The summed E-state index contributed by atoms with van der Waals surface area (Å²) in [5.41, 5.74) is 0. The number of rotatable bonds is 0. The molecular formula is C6H9GeN. The van der Waals surface area contributed by atoms with Crippen LogP contribution in [0.5, 0.6) is 0 Å². The van der Waals surface area contributed by atoms with E-state index in [0.29, 0.717) is 0 Å². The first-order valence-corrected chi connectivity index (χ1v) is 4.75. The van der Waals surface area contributed by atoms with Gasteiger partial charge in [-0.2, -0.15) is 0 Å². The molecule has 1 aliphatic rings. The van der Waals surface area contributed by atoms with E-state index in [1.165, 1.54) is 4.41 Å². The molecule has 0 aromatic rings. The van der Waals surface area contributed by atoms with Gasteiger partial charge < -0.3 is 0 Å². The Balaban J connectivity index is 2.73. The molecule has 0 unspecified atom stereocenters. The normalized spacial score (nSPS) is 17.2. The fourth-order valence-electron chi connectivity index (χ4n) is 0.546. The molecule has 1 aliphatic heterocycles. The van der Waals surface area contributed by atoms with Gasteiger partial charge in [0.25, 0.3) is 0 Å². The number of nitrogens with one attached hydrogen (secondary N) is 1. The van der Waals surface area contributed by atoms with E-state index in [1.807, 2.05) is 18.5 Å². The molecule has 0 aliphatic carbocycles. The van der Waals surface area contributed by atoms with E-state index in [1.54, 1.807) is 0 Å². The molecule has 0 amide bonds. The van der Waals surface area contributed by atoms with Gasteiger partial charge in [0.15, 0.2) is 0 Å². The van der Waals surface area contributed by atoms with Crippen LogP contribution < -0.4 is 5.32 Å². The summed E-state index contributed by atoms with van der Waals surface area (Å²) in [4.78, 5) is 0. The Labute approximate surface area is 57.4 Å². The molecule has 0 fully saturated rings. The van der Waals surface area contributed by atoms with Crippen LogP contribution in [-0.4, -0.2) is 16.5 Å². The third kappa shape index (κ3) is 1.58. The van der Waals surface area contributed by atoms with Crippen molar-refractivity contribution in [1.29, 1.82) is 0 Å². The summed E-state index contributed by atoms with van der Waals surface area (Å²) in [6.45, 7) is 0. The zero-order valence-corrected chi connectivity index (χ0v) is 9.08. The summed E-state index contributed by atoms with van der Waals surface area (Å²) in [5.74, 6) is 0. The third-order valence-corrected chi connectivity index (χ3v) is 2.39. The van der Waals surface area contributed by atoms with Gasteiger partial charge in [0.2, 0.25) is 0 Å². The van der Waals surface area contributed by atoms with Gasteiger partial charge in [0, 0.05) is 0 Å². The van der Waals surface area contributed by atoms with Crippen LogP contribution in [0.1, 0.15) is 0 Å². The maximum absolute atomic E-state index is 2.99. The summed E-state index contributed by atoms with van der Waals surface area (Å²) in [5, 5.41) is 2.99. The molecule has 0 radical (unpaired) electrons. The van der Waals surface area contributed by atoms with E-state index in [2.05, 4.69) is 17.5 Å². The summed E-state index contributed by atoms with van der Waals surface area (Å²) in [7, 11) is 0. The van der Waals surface area contributed by atoms with Crippen molar-refractivity contribution < 1.29 is 0 Å². The fourth-order valence-corrected chi connectivity index (χ4v) is 1.30.